The molecule has 10 heteroatoms. The fourth-order valence-corrected chi connectivity index (χ4v) is 4.81. The van der Waals surface area contributed by atoms with E-state index in [2.05, 4.69) is 5.32 Å². The number of amides is 3. The quantitative estimate of drug-likeness (QED) is 0.462. The zero-order valence-electron chi connectivity index (χ0n) is 22.1. The van der Waals surface area contributed by atoms with E-state index in [1.54, 1.807) is 65.0 Å². The summed E-state index contributed by atoms with van der Waals surface area (Å²) in [6.45, 7) is 3.38. The van der Waals surface area contributed by atoms with E-state index in [0.29, 0.717) is 53.6 Å². The van der Waals surface area contributed by atoms with Crippen molar-refractivity contribution in [3.05, 3.63) is 77.6 Å². The highest BCUT2D eigenvalue weighted by Gasteiger charge is 2.30. The maximum absolute atomic E-state index is 13.2. The van der Waals surface area contributed by atoms with Gasteiger partial charge in [-0.25, -0.2) is 0 Å². The number of halogens is 3. The van der Waals surface area contributed by atoms with Gasteiger partial charge < -0.3 is 19.7 Å². The van der Waals surface area contributed by atoms with Gasteiger partial charge in [0, 0.05) is 52.4 Å². The molecule has 3 aromatic rings. The number of nitrogens with one attached hydrogen (secondary N) is 1. The lowest BCUT2D eigenvalue weighted by atomic mass is 9.96. The second-order valence-electron chi connectivity index (χ2n) is 9.93. The number of benzene rings is 2. The number of carbonyl (C=O) groups excluding carboxylic acids is 3. The van der Waals surface area contributed by atoms with Gasteiger partial charge in [0.25, 0.3) is 11.8 Å². The summed E-state index contributed by atoms with van der Waals surface area (Å²) in [5.74, 6) is -0.211. The van der Waals surface area contributed by atoms with Crippen molar-refractivity contribution in [1.29, 1.82) is 0 Å². The number of anilines is 1. The molecule has 1 aliphatic rings. The van der Waals surface area contributed by atoms with E-state index < -0.39 is 17.6 Å². The molecule has 0 aliphatic carbocycles. The van der Waals surface area contributed by atoms with Gasteiger partial charge in [-0.3, -0.25) is 14.4 Å². The van der Waals surface area contributed by atoms with E-state index >= 15 is 0 Å². The van der Waals surface area contributed by atoms with Gasteiger partial charge in [-0.15, -0.1) is 0 Å². The first-order chi connectivity index (χ1) is 18.4. The number of nitrogens with zero attached hydrogens (tertiary/aromatic N) is 3. The number of carbonyl (C=O) groups is 3. The van der Waals surface area contributed by atoms with Gasteiger partial charge in [-0.2, -0.15) is 13.2 Å². The molecule has 3 amide bonds. The third kappa shape index (κ3) is 6.50. The Balaban J connectivity index is 1.44. The topological polar surface area (TPSA) is 74.7 Å². The molecule has 2 aromatic carbocycles. The summed E-state index contributed by atoms with van der Waals surface area (Å²) in [6, 6.07) is 13.0. The number of rotatable bonds is 6. The summed E-state index contributed by atoms with van der Waals surface area (Å²) in [4.78, 5) is 41.4. The van der Waals surface area contributed by atoms with Crippen LogP contribution in [0.25, 0.3) is 11.1 Å². The highest BCUT2D eigenvalue weighted by atomic mass is 19.4. The summed E-state index contributed by atoms with van der Waals surface area (Å²) < 4.78 is 40.6. The average Bonchev–Trinajstić information content (AvgIpc) is 3.27. The third-order valence-electron chi connectivity index (χ3n) is 7.15. The van der Waals surface area contributed by atoms with Crippen LogP contribution in [0.15, 0.2) is 60.8 Å². The fraction of sp³-hybridized carbons (Fsp3) is 0.345. The predicted octanol–water partition coefficient (Wildman–Crippen LogP) is 5.29. The van der Waals surface area contributed by atoms with Crippen LogP contribution in [-0.4, -0.2) is 58.8 Å². The molecular formula is C29H31F3N4O3. The minimum atomic E-state index is -4.44. The number of likely N-dealkylation sites (tertiary alicyclic amines) is 1. The van der Waals surface area contributed by atoms with Gasteiger partial charge in [0.15, 0.2) is 0 Å². The van der Waals surface area contributed by atoms with E-state index in [-0.39, 0.29) is 11.8 Å². The molecule has 1 fully saturated rings. The van der Waals surface area contributed by atoms with Crippen LogP contribution in [0, 0.1) is 5.92 Å². The van der Waals surface area contributed by atoms with Crippen molar-refractivity contribution in [3.8, 4) is 11.1 Å². The first kappa shape index (κ1) is 27.9. The number of hydrogen-bond acceptors (Lipinski definition) is 3. The smallest absolute Gasteiger partial charge is 0.346 e. The lowest BCUT2D eigenvalue weighted by Gasteiger charge is -2.33. The molecule has 0 spiro atoms. The van der Waals surface area contributed by atoms with Crippen molar-refractivity contribution in [1.82, 2.24) is 14.4 Å². The van der Waals surface area contributed by atoms with Crippen molar-refractivity contribution < 1.29 is 27.6 Å². The van der Waals surface area contributed by atoms with E-state index in [1.165, 1.54) is 19.1 Å². The minimum absolute atomic E-state index is 0.0221. The molecule has 7 nitrogen and oxygen atoms in total. The zero-order valence-corrected chi connectivity index (χ0v) is 22.1. The Morgan fingerprint density at radius 2 is 1.67 bits per heavy atom. The van der Waals surface area contributed by atoms with Crippen LogP contribution in [0.5, 0.6) is 0 Å². The van der Waals surface area contributed by atoms with Crippen molar-refractivity contribution in [2.45, 2.75) is 25.9 Å². The molecule has 1 N–H and O–H groups in total. The number of aryl methyl sites for hydroxylation is 1. The van der Waals surface area contributed by atoms with Crippen LogP contribution in [0.3, 0.4) is 0 Å². The number of alkyl halides is 3. The molecule has 0 unspecified atom stereocenters. The summed E-state index contributed by atoms with van der Waals surface area (Å²) in [5, 5.41) is 2.81. The van der Waals surface area contributed by atoms with Crippen molar-refractivity contribution in [2.75, 3.05) is 32.0 Å². The SMILES string of the molecule is CC(=O)N(C)CC1CCN(C(=O)c2cc(NC(=O)c3ccccc3-c3ccc(C(F)(F)F)cc3)cn2C)CC1. The molecule has 1 aromatic heterocycles. The molecule has 0 radical (unpaired) electrons. The number of piperidine rings is 1. The standard InChI is InChI=1S/C29H31F3N4O3/c1-19(37)34(2)17-20-12-14-36(15-13-20)28(39)26-16-23(18-35(26)3)33-27(38)25-7-5-4-6-24(25)21-8-10-22(11-9-21)29(30,31)32/h4-11,16,18,20H,12-15,17H2,1-3H3,(H,33,38). The molecule has 0 saturated carbocycles. The average molecular weight is 541 g/mol. The third-order valence-corrected chi connectivity index (χ3v) is 7.15. The van der Waals surface area contributed by atoms with Gasteiger partial charge in [-0.1, -0.05) is 30.3 Å². The van der Waals surface area contributed by atoms with Crippen molar-refractivity contribution in [2.24, 2.45) is 13.0 Å². The molecule has 4 rings (SSSR count). The zero-order chi connectivity index (χ0) is 28.3. The first-order valence-electron chi connectivity index (χ1n) is 12.7. The van der Waals surface area contributed by atoms with Crippen LogP contribution in [0.2, 0.25) is 0 Å². The van der Waals surface area contributed by atoms with Gasteiger partial charge in [0.05, 0.1) is 11.3 Å². The molecule has 1 aliphatic heterocycles. The Hall–Kier alpha value is -4.08. The molecule has 2 heterocycles. The number of hydrogen-bond donors (Lipinski definition) is 1. The largest absolute Gasteiger partial charge is 0.416 e. The van der Waals surface area contributed by atoms with Crippen molar-refractivity contribution in [3.63, 3.8) is 0 Å². The van der Waals surface area contributed by atoms with Gasteiger partial charge in [0.1, 0.15) is 5.69 Å². The first-order valence-corrected chi connectivity index (χ1v) is 12.7. The van der Waals surface area contributed by atoms with Crippen LogP contribution in [0.1, 0.15) is 46.2 Å². The van der Waals surface area contributed by atoms with E-state index in [1.807, 2.05) is 0 Å². The Bertz CT molecular complexity index is 1360. The van der Waals surface area contributed by atoms with Crippen LogP contribution in [0.4, 0.5) is 18.9 Å². The van der Waals surface area contributed by atoms with Crippen molar-refractivity contribution >= 4 is 23.4 Å². The lowest BCUT2D eigenvalue weighted by molar-refractivity contribution is -0.137. The summed E-state index contributed by atoms with van der Waals surface area (Å²) in [7, 11) is 3.51. The summed E-state index contributed by atoms with van der Waals surface area (Å²) in [6.07, 6.45) is -1.18. The Morgan fingerprint density at radius 1 is 1.03 bits per heavy atom. The second-order valence-corrected chi connectivity index (χ2v) is 9.93. The lowest BCUT2D eigenvalue weighted by Crippen LogP contribution is -2.42. The molecule has 0 atom stereocenters. The summed E-state index contributed by atoms with van der Waals surface area (Å²) in [5.41, 5.74) is 1.38. The normalized spacial score (nSPS) is 14.3. The van der Waals surface area contributed by atoms with E-state index in [9.17, 15) is 27.6 Å². The monoisotopic (exact) mass is 540 g/mol. The van der Waals surface area contributed by atoms with Crippen LogP contribution < -0.4 is 5.32 Å². The molecular weight excluding hydrogens is 509 g/mol. The molecule has 206 valence electrons. The van der Waals surface area contributed by atoms with E-state index in [4.69, 9.17) is 0 Å². The van der Waals surface area contributed by atoms with Gasteiger partial charge >= 0.3 is 6.18 Å². The number of aromatic nitrogens is 1. The van der Waals surface area contributed by atoms with E-state index in [0.717, 1.165) is 25.0 Å². The minimum Gasteiger partial charge on any atom is -0.346 e. The predicted molar refractivity (Wildman–Crippen MR) is 142 cm³/mol. The van der Waals surface area contributed by atoms with Gasteiger partial charge in [0.2, 0.25) is 5.91 Å². The second kappa shape index (κ2) is 11.3. The van der Waals surface area contributed by atoms with Crippen LogP contribution in [-0.2, 0) is 18.0 Å². The fourth-order valence-electron chi connectivity index (χ4n) is 4.81. The Labute approximate surface area is 225 Å². The van der Waals surface area contributed by atoms with Gasteiger partial charge in [-0.05, 0) is 54.2 Å². The highest BCUT2D eigenvalue weighted by molar-refractivity contribution is 6.09. The van der Waals surface area contributed by atoms with Crippen LogP contribution >= 0.6 is 0 Å². The Morgan fingerprint density at radius 3 is 2.28 bits per heavy atom. The Kier molecular flexibility index (Phi) is 8.13. The molecule has 1 saturated heterocycles. The molecule has 0 bridgehead atoms. The maximum atomic E-state index is 13.2. The highest BCUT2D eigenvalue weighted by Crippen LogP contribution is 2.32. The summed E-state index contributed by atoms with van der Waals surface area (Å²) >= 11 is 0. The maximum Gasteiger partial charge on any atom is 0.416 e. The molecule has 39 heavy (non-hydrogen) atoms.